The number of benzene rings is 1. The monoisotopic (exact) mass is 560 g/mol. The van der Waals surface area contributed by atoms with Gasteiger partial charge in [-0.1, -0.05) is 82.2 Å². The van der Waals surface area contributed by atoms with Crippen molar-refractivity contribution in [2.45, 2.75) is 130 Å². The quantitative estimate of drug-likeness (QED) is 0.223. The van der Waals surface area contributed by atoms with Crippen LogP contribution in [-0.2, 0) is 19.1 Å². The lowest BCUT2D eigenvalue weighted by Crippen LogP contribution is -2.54. The van der Waals surface area contributed by atoms with E-state index in [0.717, 1.165) is 50.5 Å². The summed E-state index contributed by atoms with van der Waals surface area (Å²) in [4.78, 5) is 54.0. The van der Waals surface area contributed by atoms with Crippen molar-refractivity contribution in [1.82, 2.24) is 15.5 Å². The van der Waals surface area contributed by atoms with E-state index in [0.29, 0.717) is 12.0 Å². The molecule has 0 spiro atoms. The number of amides is 4. The number of nitrogens with two attached hydrogens (primary N) is 1. The van der Waals surface area contributed by atoms with Crippen molar-refractivity contribution in [2.24, 2.45) is 5.73 Å². The molecule has 9 nitrogen and oxygen atoms in total. The van der Waals surface area contributed by atoms with Crippen molar-refractivity contribution >= 4 is 23.8 Å². The van der Waals surface area contributed by atoms with E-state index in [1.807, 2.05) is 45.0 Å². The van der Waals surface area contributed by atoms with Crippen molar-refractivity contribution in [1.29, 1.82) is 0 Å². The summed E-state index contributed by atoms with van der Waals surface area (Å²) >= 11 is 0. The van der Waals surface area contributed by atoms with Crippen molar-refractivity contribution in [2.75, 3.05) is 6.54 Å². The van der Waals surface area contributed by atoms with Gasteiger partial charge >= 0.3 is 6.09 Å². The van der Waals surface area contributed by atoms with Crippen LogP contribution in [0.15, 0.2) is 24.3 Å². The largest absolute Gasteiger partial charge is 0.444 e. The highest BCUT2D eigenvalue weighted by molar-refractivity contribution is 5.94. The molecule has 0 radical (unpaired) electrons. The highest BCUT2D eigenvalue weighted by Crippen LogP contribution is 2.25. The number of carbonyl (C=O) groups excluding carboxylic acids is 4. The Morgan fingerprint density at radius 1 is 0.975 bits per heavy atom. The minimum Gasteiger partial charge on any atom is -0.444 e. The maximum atomic E-state index is 14.1. The first-order valence-corrected chi connectivity index (χ1v) is 14.7. The number of hydrogen-bond acceptors (Lipinski definition) is 5. The summed E-state index contributed by atoms with van der Waals surface area (Å²) in [6.45, 7) is 13.5. The number of ether oxygens (including phenoxy) is 1. The summed E-state index contributed by atoms with van der Waals surface area (Å²) < 4.78 is 5.35. The maximum absolute atomic E-state index is 14.1. The van der Waals surface area contributed by atoms with E-state index >= 15 is 0 Å². The van der Waals surface area contributed by atoms with E-state index in [-0.39, 0.29) is 18.5 Å². The fourth-order valence-corrected chi connectivity index (χ4v) is 4.62. The predicted octanol–water partition coefficient (Wildman–Crippen LogP) is 5.30. The molecule has 0 saturated carbocycles. The van der Waals surface area contributed by atoms with Crippen molar-refractivity contribution < 1.29 is 23.9 Å². The molecule has 0 aromatic heterocycles. The lowest BCUT2D eigenvalue weighted by atomic mass is 9.99. The van der Waals surface area contributed by atoms with Crippen LogP contribution in [0, 0.1) is 6.92 Å². The molecule has 1 rings (SSSR count). The Balaban J connectivity index is 3.47. The Hall–Kier alpha value is -3.10. The number of primary amides is 1. The molecule has 0 aliphatic carbocycles. The van der Waals surface area contributed by atoms with Crippen LogP contribution in [-0.4, -0.2) is 52.9 Å². The van der Waals surface area contributed by atoms with Gasteiger partial charge in [0.15, 0.2) is 0 Å². The zero-order valence-corrected chi connectivity index (χ0v) is 25.7. The average Bonchev–Trinajstić information content (AvgIpc) is 2.83. The summed E-state index contributed by atoms with van der Waals surface area (Å²) in [5, 5.41) is 5.60. The van der Waals surface area contributed by atoms with Gasteiger partial charge in [-0.25, -0.2) is 4.79 Å². The SMILES string of the molecule is CCCCCCCCN(C(=O)C(CC(N)=O)NC(=O)OC(C)(C)C)C(C(=O)NC(C)CCC)c1cccc(C)c1. The zero-order valence-electron chi connectivity index (χ0n) is 25.7. The predicted molar refractivity (Wildman–Crippen MR) is 158 cm³/mol. The van der Waals surface area contributed by atoms with Gasteiger partial charge < -0.3 is 26.0 Å². The van der Waals surface area contributed by atoms with Gasteiger partial charge in [0.2, 0.25) is 17.7 Å². The van der Waals surface area contributed by atoms with Gasteiger partial charge in [-0.15, -0.1) is 0 Å². The van der Waals surface area contributed by atoms with E-state index in [2.05, 4.69) is 17.6 Å². The Morgan fingerprint density at radius 2 is 1.62 bits per heavy atom. The fourth-order valence-electron chi connectivity index (χ4n) is 4.62. The number of aryl methyl sites for hydroxylation is 1. The molecule has 0 saturated heterocycles. The molecule has 0 aliphatic heterocycles. The fraction of sp³-hybridized carbons (Fsp3) is 0.677. The standard InChI is InChI=1S/C31H52N4O5/c1-8-10-11-12-13-14-19-35(29(38)25(21-26(32)36)34-30(39)40-31(5,6)7)27(24-18-15-17-22(3)20-24)28(37)33-23(4)16-9-2/h15,17-18,20,23,25,27H,8-14,16,19,21H2,1-7H3,(H2,32,36)(H,33,37)(H,34,39). The van der Waals surface area contributed by atoms with Gasteiger partial charge in [0, 0.05) is 12.6 Å². The number of nitrogens with one attached hydrogen (secondary N) is 2. The molecule has 0 aliphatic rings. The number of hydrogen-bond donors (Lipinski definition) is 3. The van der Waals surface area contributed by atoms with E-state index in [9.17, 15) is 19.2 Å². The van der Waals surface area contributed by atoms with Gasteiger partial charge in [0.25, 0.3) is 0 Å². The van der Waals surface area contributed by atoms with E-state index in [1.165, 1.54) is 4.90 Å². The van der Waals surface area contributed by atoms with Crippen molar-refractivity contribution in [3.8, 4) is 0 Å². The molecule has 3 unspecified atom stereocenters. The summed E-state index contributed by atoms with van der Waals surface area (Å²) in [7, 11) is 0. The van der Waals surface area contributed by atoms with Crippen LogP contribution in [0.5, 0.6) is 0 Å². The van der Waals surface area contributed by atoms with Crippen LogP contribution >= 0.6 is 0 Å². The molecule has 0 heterocycles. The van der Waals surface area contributed by atoms with Crippen LogP contribution < -0.4 is 16.4 Å². The molecule has 3 atom stereocenters. The molecule has 1 aromatic rings. The highest BCUT2D eigenvalue weighted by atomic mass is 16.6. The Morgan fingerprint density at radius 3 is 2.20 bits per heavy atom. The summed E-state index contributed by atoms with van der Waals surface area (Å²) in [6.07, 6.45) is 6.40. The summed E-state index contributed by atoms with van der Waals surface area (Å²) in [6, 6.07) is 5.19. The molecular formula is C31H52N4O5. The van der Waals surface area contributed by atoms with Gasteiger partial charge in [0.1, 0.15) is 17.7 Å². The third kappa shape index (κ3) is 13.3. The molecule has 40 heavy (non-hydrogen) atoms. The molecule has 0 bridgehead atoms. The third-order valence-electron chi connectivity index (χ3n) is 6.46. The highest BCUT2D eigenvalue weighted by Gasteiger charge is 2.37. The first kappa shape index (κ1) is 34.9. The number of unbranched alkanes of at least 4 members (excludes halogenated alkanes) is 5. The second kappa shape index (κ2) is 17.6. The lowest BCUT2D eigenvalue weighted by molar-refractivity contribution is -0.143. The van der Waals surface area contributed by atoms with Crippen LogP contribution in [0.4, 0.5) is 4.79 Å². The second-order valence-electron chi connectivity index (χ2n) is 11.7. The molecule has 4 amide bonds. The van der Waals surface area contributed by atoms with Gasteiger partial charge in [-0.05, 0) is 53.0 Å². The molecular weight excluding hydrogens is 508 g/mol. The Kier molecular flexibility index (Phi) is 15.3. The Bertz CT molecular complexity index is 959. The normalized spacial score (nSPS) is 13.6. The average molecular weight is 561 g/mol. The first-order chi connectivity index (χ1) is 18.8. The van der Waals surface area contributed by atoms with Gasteiger partial charge in [0.05, 0.1) is 6.42 Å². The summed E-state index contributed by atoms with van der Waals surface area (Å²) in [5.41, 5.74) is 6.30. The van der Waals surface area contributed by atoms with E-state index in [4.69, 9.17) is 10.5 Å². The zero-order chi connectivity index (χ0) is 30.3. The topological polar surface area (TPSA) is 131 Å². The maximum Gasteiger partial charge on any atom is 0.408 e. The lowest BCUT2D eigenvalue weighted by Gasteiger charge is -2.35. The number of alkyl carbamates (subject to hydrolysis) is 1. The molecule has 0 fully saturated rings. The third-order valence-corrected chi connectivity index (χ3v) is 6.46. The molecule has 9 heteroatoms. The molecule has 1 aromatic carbocycles. The smallest absolute Gasteiger partial charge is 0.408 e. The van der Waals surface area contributed by atoms with Crippen molar-refractivity contribution in [3.63, 3.8) is 0 Å². The number of rotatable bonds is 17. The minimum absolute atomic E-state index is 0.0860. The van der Waals surface area contributed by atoms with Crippen LogP contribution in [0.1, 0.15) is 116 Å². The minimum atomic E-state index is -1.28. The van der Waals surface area contributed by atoms with E-state index < -0.39 is 42.0 Å². The van der Waals surface area contributed by atoms with E-state index in [1.54, 1.807) is 20.8 Å². The van der Waals surface area contributed by atoms with Crippen LogP contribution in [0.2, 0.25) is 0 Å². The number of carbonyl (C=O) groups is 4. The second-order valence-corrected chi connectivity index (χ2v) is 11.7. The van der Waals surface area contributed by atoms with Crippen LogP contribution in [0.3, 0.4) is 0 Å². The van der Waals surface area contributed by atoms with Crippen LogP contribution in [0.25, 0.3) is 0 Å². The van der Waals surface area contributed by atoms with Crippen molar-refractivity contribution in [3.05, 3.63) is 35.4 Å². The molecule has 4 N–H and O–H groups in total. The number of nitrogens with zero attached hydrogens (tertiary/aromatic N) is 1. The Labute approximate surface area is 241 Å². The molecule has 226 valence electrons. The summed E-state index contributed by atoms with van der Waals surface area (Å²) in [5.74, 6) is -1.61. The van der Waals surface area contributed by atoms with Gasteiger partial charge in [-0.2, -0.15) is 0 Å². The van der Waals surface area contributed by atoms with Gasteiger partial charge in [-0.3, -0.25) is 14.4 Å². The first-order valence-electron chi connectivity index (χ1n) is 14.7.